The van der Waals surface area contributed by atoms with Crippen LogP contribution in [0, 0.1) is 12.7 Å². The number of ether oxygens (including phenoxy) is 1. The van der Waals surface area contributed by atoms with E-state index in [1.165, 1.54) is 23.9 Å². The Morgan fingerprint density at radius 1 is 1.09 bits per heavy atom. The van der Waals surface area contributed by atoms with Crippen molar-refractivity contribution in [3.63, 3.8) is 0 Å². The third-order valence-corrected chi connectivity index (χ3v) is 8.50. The van der Waals surface area contributed by atoms with Crippen LogP contribution in [0.1, 0.15) is 39.4 Å². The van der Waals surface area contributed by atoms with Gasteiger partial charge in [-0.25, -0.2) is 9.37 Å². The van der Waals surface area contributed by atoms with Crippen molar-refractivity contribution in [2.24, 2.45) is 7.05 Å². The van der Waals surface area contributed by atoms with Crippen LogP contribution in [0.2, 0.25) is 5.02 Å². The minimum atomic E-state index is -1.34. The number of nitrogens with one attached hydrogen (secondary N) is 2. The van der Waals surface area contributed by atoms with Crippen molar-refractivity contribution in [1.82, 2.24) is 24.7 Å². The summed E-state index contributed by atoms with van der Waals surface area (Å²) >= 11 is 6.22. The predicted molar refractivity (Wildman–Crippen MR) is 159 cm³/mol. The molecule has 0 atom stereocenters. The number of benzene rings is 2. The zero-order valence-electron chi connectivity index (χ0n) is 24.2. The number of carbonyl (C=O) groups is 3. The Kier molecular flexibility index (Phi) is 8.72. The summed E-state index contributed by atoms with van der Waals surface area (Å²) in [6, 6.07) is 8.05. The van der Waals surface area contributed by atoms with E-state index in [2.05, 4.69) is 15.6 Å². The quantitative estimate of drug-likeness (QED) is 0.390. The molecule has 0 radical (unpaired) electrons. The summed E-state index contributed by atoms with van der Waals surface area (Å²) in [5.41, 5.74) is 1.10. The van der Waals surface area contributed by atoms with Crippen molar-refractivity contribution in [3.8, 4) is 17.0 Å². The van der Waals surface area contributed by atoms with Crippen LogP contribution in [-0.2, 0) is 11.8 Å². The van der Waals surface area contributed by atoms with E-state index < -0.39 is 17.3 Å². The van der Waals surface area contributed by atoms with E-state index in [1.54, 1.807) is 48.0 Å². The molecule has 11 nitrogen and oxygen atoms in total. The summed E-state index contributed by atoms with van der Waals surface area (Å²) < 4.78 is 21.0. The smallest absolute Gasteiger partial charge is 0.291 e. The molecule has 2 saturated heterocycles. The number of nitrogens with zero attached hydrogens (tertiary/aromatic N) is 4. The molecular weight excluding hydrogens is 579 g/mol. The van der Waals surface area contributed by atoms with Gasteiger partial charge in [-0.15, -0.1) is 0 Å². The fraction of sp³-hybridized carbons (Fsp3) is 0.400. The maximum Gasteiger partial charge on any atom is 0.291 e. The van der Waals surface area contributed by atoms with E-state index in [0.717, 1.165) is 0 Å². The monoisotopic (exact) mass is 612 g/mol. The van der Waals surface area contributed by atoms with E-state index in [0.29, 0.717) is 80.2 Å². The van der Waals surface area contributed by atoms with E-state index in [9.17, 15) is 23.9 Å². The van der Waals surface area contributed by atoms with Gasteiger partial charge < -0.3 is 34.8 Å². The maximum atomic E-state index is 14.5. The lowest BCUT2D eigenvalue weighted by Crippen LogP contribution is -2.59. The van der Waals surface area contributed by atoms with Crippen molar-refractivity contribution in [3.05, 3.63) is 64.3 Å². The van der Waals surface area contributed by atoms with Crippen LogP contribution < -0.4 is 15.4 Å². The highest BCUT2D eigenvalue weighted by Crippen LogP contribution is 2.35. The summed E-state index contributed by atoms with van der Waals surface area (Å²) in [5.74, 6) is -1.53. The fourth-order valence-corrected chi connectivity index (χ4v) is 5.81. The zero-order valence-corrected chi connectivity index (χ0v) is 25.0. The summed E-state index contributed by atoms with van der Waals surface area (Å²) in [6.45, 7) is 4.41. The van der Waals surface area contributed by atoms with Crippen molar-refractivity contribution in [1.29, 1.82) is 0 Å². The lowest BCUT2D eigenvalue weighted by atomic mass is 9.90. The summed E-state index contributed by atoms with van der Waals surface area (Å²) in [4.78, 5) is 46.9. The predicted octanol–water partition coefficient (Wildman–Crippen LogP) is 2.85. The van der Waals surface area contributed by atoms with Crippen LogP contribution in [0.25, 0.3) is 11.3 Å². The number of aliphatic hydroxyl groups is 1. The number of halogens is 2. The van der Waals surface area contributed by atoms with E-state index in [-0.39, 0.29) is 28.4 Å². The number of aromatic nitrogens is 2. The number of anilines is 1. The molecule has 0 bridgehead atoms. The van der Waals surface area contributed by atoms with Gasteiger partial charge in [-0.3, -0.25) is 14.4 Å². The topological polar surface area (TPSA) is 129 Å². The lowest BCUT2D eigenvalue weighted by Gasteiger charge is -2.40. The van der Waals surface area contributed by atoms with Gasteiger partial charge in [0.05, 0.1) is 24.0 Å². The molecule has 0 spiro atoms. The Bertz CT molecular complexity index is 1560. The average Bonchev–Trinajstić information content (AvgIpc) is 3.39. The highest BCUT2D eigenvalue weighted by molar-refractivity contribution is 6.33. The number of hydrogen-bond acceptors (Lipinski definition) is 7. The summed E-state index contributed by atoms with van der Waals surface area (Å²) in [7, 11) is 2.97. The minimum Gasteiger partial charge on any atom is -0.494 e. The van der Waals surface area contributed by atoms with Gasteiger partial charge in [0.1, 0.15) is 5.60 Å². The van der Waals surface area contributed by atoms with E-state index >= 15 is 0 Å². The van der Waals surface area contributed by atoms with Gasteiger partial charge in [0.25, 0.3) is 17.7 Å². The number of imidazole rings is 1. The Hall–Kier alpha value is -4.00. The first-order chi connectivity index (χ1) is 20.5. The molecule has 43 heavy (non-hydrogen) atoms. The zero-order chi connectivity index (χ0) is 30.9. The first kappa shape index (κ1) is 30.5. The minimum absolute atomic E-state index is 0.00998. The molecule has 5 rings (SSSR count). The van der Waals surface area contributed by atoms with Crippen molar-refractivity contribution in [2.45, 2.75) is 25.4 Å². The van der Waals surface area contributed by atoms with Crippen LogP contribution in [0.3, 0.4) is 0 Å². The first-order valence-electron chi connectivity index (χ1n) is 14.0. The normalized spacial score (nSPS) is 16.6. The number of rotatable bonds is 6. The van der Waals surface area contributed by atoms with Crippen molar-refractivity contribution >= 4 is 35.0 Å². The SMILES string of the molecule is COc1ccc(-c2cnc(C(=O)Nc3ccc(C(=O)N4CCN(C(=O)C5(O)CCNCC5)CC4)c(C)c3)n2C)c(Cl)c1F. The Morgan fingerprint density at radius 2 is 1.77 bits per heavy atom. The second-order valence-corrected chi connectivity index (χ2v) is 11.2. The van der Waals surface area contributed by atoms with E-state index in [1.807, 2.05) is 0 Å². The van der Waals surface area contributed by atoms with Crippen LogP contribution in [0.4, 0.5) is 10.1 Å². The number of piperidine rings is 1. The molecule has 13 heteroatoms. The molecule has 1 aromatic heterocycles. The van der Waals surface area contributed by atoms with Gasteiger partial charge >= 0.3 is 0 Å². The third-order valence-electron chi connectivity index (χ3n) is 8.13. The molecule has 3 aromatic rings. The average molecular weight is 613 g/mol. The molecule has 3 N–H and O–H groups in total. The van der Waals surface area contributed by atoms with Gasteiger partial charge in [-0.1, -0.05) is 11.6 Å². The maximum absolute atomic E-state index is 14.5. The van der Waals surface area contributed by atoms with Gasteiger partial charge in [-0.2, -0.15) is 0 Å². The number of carbonyl (C=O) groups excluding carboxylic acids is 3. The first-order valence-corrected chi connectivity index (χ1v) is 14.4. The largest absolute Gasteiger partial charge is 0.494 e. The van der Waals surface area contributed by atoms with Gasteiger partial charge in [0, 0.05) is 50.0 Å². The molecule has 0 unspecified atom stereocenters. The Labute approximate surface area is 253 Å². The number of aryl methyl sites for hydroxylation is 1. The van der Waals surface area contributed by atoms with Crippen LogP contribution >= 0.6 is 11.6 Å². The second-order valence-electron chi connectivity index (χ2n) is 10.8. The Balaban J connectivity index is 1.22. The molecule has 2 fully saturated rings. The van der Waals surface area contributed by atoms with Crippen LogP contribution in [-0.4, -0.2) is 94.2 Å². The van der Waals surface area contributed by atoms with Crippen molar-refractivity contribution < 1.29 is 28.6 Å². The molecule has 2 aliphatic rings. The standard InChI is InChI=1S/C30H34ClFN6O5/c1-18-16-19(35-27(39)26-34-17-22(36(26)2)21-6-7-23(43-3)25(32)24(21)31)4-5-20(18)28(40)37-12-14-38(15-13-37)29(41)30(42)8-10-33-11-9-30/h4-7,16-17,33,42H,8-15H2,1-3H3,(H,35,39). The summed E-state index contributed by atoms with van der Waals surface area (Å²) in [6.07, 6.45) is 2.20. The number of hydrogen-bond donors (Lipinski definition) is 3. The number of methoxy groups -OCH3 is 1. The Morgan fingerprint density at radius 3 is 2.42 bits per heavy atom. The fourth-order valence-electron chi connectivity index (χ4n) is 5.56. The molecule has 0 saturated carbocycles. The van der Waals surface area contributed by atoms with Crippen LogP contribution in [0.15, 0.2) is 36.5 Å². The lowest BCUT2D eigenvalue weighted by molar-refractivity contribution is -0.155. The van der Waals surface area contributed by atoms with Gasteiger partial charge in [-0.05, 0) is 68.8 Å². The molecule has 2 aromatic carbocycles. The van der Waals surface area contributed by atoms with Gasteiger partial charge in [0.2, 0.25) is 0 Å². The molecule has 0 aliphatic carbocycles. The molecule has 2 aliphatic heterocycles. The van der Waals surface area contributed by atoms with E-state index in [4.69, 9.17) is 16.3 Å². The molecule has 3 amide bonds. The summed E-state index contributed by atoms with van der Waals surface area (Å²) in [5, 5.41) is 16.6. The second kappa shape index (κ2) is 12.3. The molecular formula is C30H34ClFN6O5. The highest BCUT2D eigenvalue weighted by Gasteiger charge is 2.41. The van der Waals surface area contributed by atoms with Crippen LogP contribution in [0.5, 0.6) is 5.75 Å². The highest BCUT2D eigenvalue weighted by atomic mass is 35.5. The molecule has 228 valence electrons. The van der Waals surface area contributed by atoms with Gasteiger partial charge in [0.15, 0.2) is 17.4 Å². The molecule has 3 heterocycles. The third kappa shape index (κ3) is 5.95. The number of piperazine rings is 1. The van der Waals surface area contributed by atoms with Crippen molar-refractivity contribution in [2.75, 3.05) is 51.7 Å². The number of amides is 3.